The zero-order valence-electron chi connectivity index (χ0n) is 12.6. The molecule has 2 rings (SSSR count). The Balaban J connectivity index is 2.09. The fourth-order valence-corrected chi connectivity index (χ4v) is 1.60. The number of benzene rings is 1. The number of aromatic nitrogens is 3. The molecule has 0 saturated carbocycles. The van der Waals surface area contributed by atoms with E-state index in [-0.39, 0.29) is 12.0 Å². The molecular weight excluding hydrogens is 268 g/mol. The second-order valence-electron chi connectivity index (χ2n) is 4.91. The molecule has 1 heterocycles. The highest BCUT2D eigenvalue weighted by Crippen LogP contribution is 2.11. The minimum atomic E-state index is -0.265. The molecule has 0 aliphatic heterocycles. The van der Waals surface area contributed by atoms with Crippen LogP contribution in [0, 0.1) is 0 Å². The summed E-state index contributed by atoms with van der Waals surface area (Å²) in [5.74, 6) is 0.252. The van der Waals surface area contributed by atoms with Gasteiger partial charge in [0.05, 0.1) is 0 Å². The van der Waals surface area contributed by atoms with E-state index in [1.807, 2.05) is 43.3 Å². The lowest BCUT2D eigenvalue weighted by Gasteiger charge is -2.11. The van der Waals surface area contributed by atoms with Gasteiger partial charge in [-0.15, -0.1) is 5.10 Å². The largest absolute Gasteiger partial charge is 0.378 e. The summed E-state index contributed by atoms with van der Waals surface area (Å²) >= 11 is 0. The van der Waals surface area contributed by atoms with E-state index in [0.29, 0.717) is 0 Å². The van der Waals surface area contributed by atoms with Crippen molar-refractivity contribution in [3.63, 3.8) is 0 Å². The summed E-state index contributed by atoms with van der Waals surface area (Å²) in [6.07, 6.45) is 3.02. The average Bonchev–Trinajstić information content (AvgIpc) is 2.93. The van der Waals surface area contributed by atoms with Crippen molar-refractivity contribution in [3.05, 3.63) is 36.2 Å². The van der Waals surface area contributed by atoms with Crippen molar-refractivity contribution in [2.24, 2.45) is 4.99 Å². The molecule has 0 N–H and O–H groups in total. The molecule has 7 heteroatoms. The first-order chi connectivity index (χ1) is 9.97. The van der Waals surface area contributed by atoms with E-state index >= 15 is 0 Å². The minimum absolute atomic E-state index is 0.252. The van der Waals surface area contributed by atoms with Gasteiger partial charge in [0.25, 0.3) is 5.95 Å². The highest BCUT2D eigenvalue weighted by molar-refractivity contribution is 5.82. The summed E-state index contributed by atoms with van der Waals surface area (Å²) in [4.78, 5) is 23.2. The Hall–Kier alpha value is -2.70. The van der Waals surface area contributed by atoms with Crippen LogP contribution in [0.15, 0.2) is 35.6 Å². The fourth-order valence-electron chi connectivity index (χ4n) is 1.60. The SMILES string of the molecule is CN(C)C(=O)n1cnc(N=Cc2ccc(N(C)C)cc2)n1. The van der Waals surface area contributed by atoms with Crippen molar-refractivity contribution in [1.29, 1.82) is 0 Å². The summed E-state index contributed by atoms with van der Waals surface area (Å²) < 4.78 is 1.15. The molecule has 0 radical (unpaired) electrons. The molecule has 1 amide bonds. The third kappa shape index (κ3) is 3.65. The van der Waals surface area contributed by atoms with Crippen molar-refractivity contribution in [1.82, 2.24) is 19.7 Å². The molecule has 21 heavy (non-hydrogen) atoms. The lowest BCUT2D eigenvalue weighted by atomic mass is 10.2. The summed E-state index contributed by atoms with van der Waals surface area (Å²) in [6.45, 7) is 0. The Morgan fingerprint density at radius 2 is 1.86 bits per heavy atom. The zero-order chi connectivity index (χ0) is 15.4. The van der Waals surface area contributed by atoms with Crippen molar-refractivity contribution < 1.29 is 4.79 Å². The van der Waals surface area contributed by atoms with Crippen LogP contribution < -0.4 is 4.90 Å². The number of aliphatic imine (C=N–C) groups is 1. The first-order valence-corrected chi connectivity index (χ1v) is 6.42. The van der Waals surface area contributed by atoms with E-state index in [1.54, 1.807) is 20.3 Å². The van der Waals surface area contributed by atoms with Crippen LogP contribution in [0.5, 0.6) is 0 Å². The average molecular weight is 286 g/mol. The number of hydrogen-bond donors (Lipinski definition) is 0. The van der Waals surface area contributed by atoms with Gasteiger partial charge in [0.1, 0.15) is 6.33 Å². The topological polar surface area (TPSA) is 66.6 Å². The van der Waals surface area contributed by atoms with Gasteiger partial charge in [-0.3, -0.25) is 0 Å². The predicted octanol–water partition coefficient (Wildman–Crippen LogP) is 1.62. The molecule has 2 aromatic rings. The number of rotatable bonds is 3. The third-order valence-electron chi connectivity index (χ3n) is 2.80. The first-order valence-electron chi connectivity index (χ1n) is 6.42. The Labute approximate surface area is 123 Å². The lowest BCUT2D eigenvalue weighted by Crippen LogP contribution is -2.27. The summed E-state index contributed by atoms with van der Waals surface area (Å²) in [6, 6.07) is 7.66. The molecular formula is C14H18N6O. The van der Waals surface area contributed by atoms with Crippen molar-refractivity contribution in [2.45, 2.75) is 0 Å². The van der Waals surface area contributed by atoms with Gasteiger partial charge in [-0.1, -0.05) is 12.1 Å². The molecule has 1 aromatic heterocycles. The maximum Gasteiger partial charge on any atom is 0.345 e. The van der Waals surface area contributed by atoms with Crippen LogP contribution in [0.2, 0.25) is 0 Å². The van der Waals surface area contributed by atoms with Crippen LogP contribution in [0.1, 0.15) is 5.56 Å². The van der Waals surface area contributed by atoms with E-state index in [1.165, 1.54) is 11.2 Å². The molecule has 7 nitrogen and oxygen atoms in total. The van der Waals surface area contributed by atoms with Crippen molar-refractivity contribution in [3.8, 4) is 0 Å². The van der Waals surface area contributed by atoms with E-state index in [9.17, 15) is 4.79 Å². The predicted molar refractivity (Wildman–Crippen MR) is 82.5 cm³/mol. The van der Waals surface area contributed by atoms with Gasteiger partial charge in [-0.25, -0.2) is 9.79 Å². The van der Waals surface area contributed by atoms with Gasteiger partial charge in [0.15, 0.2) is 0 Å². The fraction of sp³-hybridized carbons (Fsp3) is 0.286. The Morgan fingerprint density at radius 3 is 2.43 bits per heavy atom. The number of nitrogens with zero attached hydrogens (tertiary/aromatic N) is 6. The molecule has 0 bridgehead atoms. The van der Waals surface area contributed by atoms with Gasteiger partial charge in [0, 0.05) is 40.1 Å². The maximum absolute atomic E-state index is 11.7. The quantitative estimate of drug-likeness (QED) is 0.804. The van der Waals surface area contributed by atoms with Crippen LogP contribution >= 0.6 is 0 Å². The highest BCUT2D eigenvalue weighted by Gasteiger charge is 2.09. The molecule has 0 aliphatic carbocycles. The van der Waals surface area contributed by atoms with Crippen molar-refractivity contribution >= 4 is 23.9 Å². The van der Waals surface area contributed by atoms with Gasteiger partial charge in [-0.2, -0.15) is 9.67 Å². The van der Waals surface area contributed by atoms with Crippen molar-refractivity contribution in [2.75, 3.05) is 33.1 Å². The Morgan fingerprint density at radius 1 is 1.19 bits per heavy atom. The molecule has 0 spiro atoms. The smallest absolute Gasteiger partial charge is 0.345 e. The van der Waals surface area contributed by atoms with Crippen LogP contribution in [-0.4, -0.2) is 60.1 Å². The molecule has 0 saturated heterocycles. The molecule has 0 unspecified atom stereocenters. The Kier molecular flexibility index (Phi) is 4.32. The molecule has 0 fully saturated rings. The van der Waals surface area contributed by atoms with E-state index in [2.05, 4.69) is 15.1 Å². The second-order valence-corrected chi connectivity index (χ2v) is 4.91. The standard InChI is InChI=1S/C14H18N6O/c1-18(2)12-7-5-11(6-8-12)9-15-13-16-10-20(17-13)14(21)19(3)4/h5-10H,1-4H3. The summed E-state index contributed by atoms with van der Waals surface area (Å²) in [5.41, 5.74) is 2.06. The van der Waals surface area contributed by atoms with Crippen LogP contribution in [0.3, 0.4) is 0 Å². The normalized spacial score (nSPS) is 10.9. The summed E-state index contributed by atoms with van der Waals surface area (Å²) in [5, 5.41) is 4.00. The van der Waals surface area contributed by atoms with Crippen LogP contribution in [0.25, 0.3) is 0 Å². The number of amides is 1. The number of carbonyl (C=O) groups excluding carboxylic acids is 1. The first kappa shape index (κ1) is 14.7. The van der Waals surface area contributed by atoms with Crippen LogP contribution in [0.4, 0.5) is 16.4 Å². The molecule has 0 aliphatic rings. The molecule has 1 aromatic carbocycles. The zero-order valence-corrected chi connectivity index (χ0v) is 12.6. The third-order valence-corrected chi connectivity index (χ3v) is 2.80. The summed E-state index contributed by atoms with van der Waals surface area (Å²) in [7, 11) is 7.28. The number of anilines is 1. The molecule has 0 atom stereocenters. The van der Waals surface area contributed by atoms with Crippen LogP contribution in [-0.2, 0) is 0 Å². The van der Waals surface area contributed by atoms with E-state index in [0.717, 1.165) is 15.9 Å². The maximum atomic E-state index is 11.7. The van der Waals surface area contributed by atoms with Gasteiger partial charge in [-0.05, 0) is 17.7 Å². The van der Waals surface area contributed by atoms with Gasteiger partial charge in [0.2, 0.25) is 0 Å². The van der Waals surface area contributed by atoms with Gasteiger partial charge >= 0.3 is 6.03 Å². The number of hydrogen-bond acceptors (Lipinski definition) is 5. The number of carbonyl (C=O) groups is 1. The van der Waals surface area contributed by atoms with E-state index < -0.39 is 0 Å². The lowest BCUT2D eigenvalue weighted by molar-refractivity contribution is 0.216. The van der Waals surface area contributed by atoms with Gasteiger partial charge < -0.3 is 9.80 Å². The monoisotopic (exact) mass is 286 g/mol. The highest BCUT2D eigenvalue weighted by atomic mass is 16.2. The Bertz CT molecular complexity index is 642. The molecule has 110 valence electrons. The second kappa shape index (κ2) is 6.17. The minimum Gasteiger partial charge on any atom is -0.378 e. The van der Waals surface area contributed by atoms with E-state index in [4.69, 9.17) is 0 Å².